The van der Waals surface area contributed by atoms with Crippen molar-refractivity contribution in [2.45, 2.75) is 12.5 Å². The Morgan fingerprint density at radius 3 is 2.90 bits per heavy atom. The van der Waals surface area contributed by atoms with Gasteiger partial charge in [0.05, 0.1) is 6.04 Å². The van der Waals surface area contributed by atoms with E-state index in [1.54, 1.807) is 12.1 Å². The Kier molecular flexibility index (Phi) is 2.98. The Morgan fingerprint density at radius 2 is 2.05 bits per heavy atom. The number of fused-ring (bicyclic) bond motifs is 3. The Labute approximate surface area is 126 Å². The molecular formula is C17H14ClFN2. The highest BCUT2D eigenvalue weighted by molar-refractivity contribution is 6.31. The molecule has 0 fully saturated rings. The fourth-order valence-corrected chi connectivity index (χ4v) is 3.34. The van der Waals surface area contributed by atoms with E-state index < -0.39 is 0 Å². The maximum Gasteiger partial charge on any atom is 0.123 e. The molecule has 0 saturated carbocycles. The molecule has 0 aliphatic carbocycles. The highest BCUT2D eigenvalue weighted by atomic mass is 35.5. The van der Waals surface area contributed by atoms with Crippen molar-refractivity contribution < 1.29 is 4.39 Å². The van der Waals surface area contributed by atoms with Gasteiger partial charge < -0.3 is 10.3 Å². The van der Waals surface area contributed by atoms with Gasteiger partial charge in [-0.05, 0) is 47.9 Å². The molecule has 2 nitrogen and oxygen atoms in total. The number of aromatic nitrogens is 1. The maximum atomic E-state index is 13.5. The lowest BCUT2D eigenvalue weighted by molar-refractivity contribution is 0.553. The summed E-state index contributed by atoms with van der Waals surface area (Å²) >= 11 is 6.11. The summed E-state index contributed by atoms with van der Waals surface area (Å²) in [5.41, 5.74) is 4.41. The molecule has 2 heterocycles. The molecule has 1 aliphatic heterocycles. The number of rotatable bonds is 1. The first-order chi connectivity index (χ1) is 10.2. The summed E-state index contributed by atoms with van der Waals surface area (Å²) in [5, 5.41) is 5.37. The van der Waals surface area contributed by atoms with E-state index in [4.69, 9.17) is 11.6 Å². The standard InChI is InChI=1S/C17H14ClFN2/c18-11-4-5-15-14(9-11)13-6-7-20-16(17(13)21-15)10-2-1-3-12(19)8-10/h1-5,8-9,16,20-21H,6-7H2. The fourth-order valence-electron chi connectivity index (χ4n) is 3.17. The normalized spacial score (nSPS) is 17.9. The maximum absolute atomic E-state index is 13.5. The Bertz CT molecular complexity index is 825. The van der Waals surface area contributed by atoms with Crippen molar-refractivity contribution in [3.63, 3.8) is 0 Å². The van der Waals surface area contributed by atoms with Crippen molar-refractivity contribution in [1.29, 1.82) is 0 Å². The zero-order chi connectivity index (χ0) is 14.4. The Morgan fingerprint density at radius 1 is 1.14 bits per heavy atom. The first kappa shape index (κ1) is 12.9. The first-order valence-corrected chi connectivity index (χ1v) is 7.39. The highest BCUT2D eigenvalue weighted by Crippen LogP contribution is 2.34. The van der Waals surface area contributed by atoms with E-state index in [-0.39, 0.29) is 11.9 Å². The molecule has 3 aromatic rings. The predicted octanol–water partition coefficient (Wildman–Crippen LogP) is 4.20. The SMILES string of the molecule is Fc1cccc(C2NCCc3c2[nH]c2ccc(Cl)cc32)c1. The second-order valence-corrected chi connectivity index (χ2v) is 5.84. The summed E-state index contributed by atoms with van der Waals surface area (Å²) in [6, 6.07) is 12.6. The molecule has 4 rings (SSSR count). The van der Waals surface area contributed by atoms with Crippen molar-refractivity contribution in [3.05, 3.63) is 70.1 Å². The van der Waals surface area contributed by atoms with Gasteiger partial charge in [0.15, 0.2) is 0 Å². The van der Waals surface area contributed by atoms with Crippen LogP contribution < -0.4 is 5.32 Å². The van der Waals surface area contributed by atoms with Crippen molar-refractivity contribution in [2.75, 3.05) is 6.54 Å². The van der Waals surface area contributed by atoms with Gasteiger partial charge >= 0.3 is 0 Å². The van der Waals surface area contributed by atoms with Gasteiger partial charge in [-0.15, -0.1) is 0 Å². The molecule has 0 radical (unpaired) electrons. The van der Waals surface area contributed by atoms with Gasteiger partial charge in [0.1, 0.15) is 5.82 Å². The van der Waals surface area contributed by atoms with Crippen LogP contribution in [0.1, 0.15) is 22.9 Å². The number of halogens is 2. The molecule has 2 N–H and O–H groups in total. The monoisotopic (exact) mass is 300 g/mol. The number of hydrogen-bond donors (Lipinski definition) is 2. The van der Waals surface area contributed by atoms with Crippen LogP contribution in [0.5, 0.6) is 0 Å². The first-order valence-electron chi connectivity index (χ1n) is 7.01. The molecule has 2 aromatic carbocycles. The third-order valence-corrected chi connectivity index (χ3v) is 4.33. The van der Waals surface area contributed by atoms with Crippen LogP contribution in [0.15, 0.2) is 42.5 Å². The number of aromatic amines is 1. The molecule has 1 aliphatic rings. The number of benzene rings is 2. The van der Waals surface area contributed by atoms with Crippen LogP contribution in [0.25, 0.3) is 10.9 Å². The lowest BCUT2D eigenvalue weighted by Gasteiger charge is -2.24. The van der Waals surface area contributed by atoms with E-state index in [2.05, 4.69) is 10.3 Å². The predicted molar refractivity (Wildman–Crippen MR) is 83.3 cm³/mol. The smallest absolute Gasteiger partial charge is 0.123 e. The molecule has 21 heavy (non-hydrogen) atoms. The molecule has 1 aromatic heterocycles. The minimum atomic E-state index is -0.208. The minimum absolute atomic E-state index is 0.00405. The molecule has 1 unspecified atom stereocenters. The van der Waals surface area contributed by atoms with Crippen LogP contribution in [0.4, 0.5) is 4.39 Å². The van der Waals surface area contributed by atoms with Gasteiger partial charge in [-0.25, -0.2) is 4.39 Å². The summed E-state index contributed by atoms with van der Waals surface area (Å²) in [6.07, 6.45) is 0.946. The largest absolute Gasteiger partial charge is 0.357 e. The molecule has 0 amide bonds. The van der Waals surface area contributed by atoms with E-state index in [9.17, 15) is 4.39 Å². The van der Waals surface area contributed by atoms with Crippen LogP contribution in [-0.4, -0.2) is 11.5 Å². The molecule has 1 atom stereocenters. The second-order valence-electron chi connectivity index (χ2n) is 5.40. The van der Waals surface area contributed by atoms with Gasteiger partial charge in [0.25, 0.3) is 0 Å². The highest BCUT2D eigenvalue weighted by Gasteiger charge is 2.25. The Balaban J connectivity index is 1.90. The molecule has 0 saturated heterocycles. The number of hydrogen-bond acceptors (Lipinski definition) is 1. The summed E-state index contributed by atoms with van der Waals surface area (Å²) in [6.45, 7) is 0.869. The van der Waals surface area contributed by atoms with Gasteiger partial charge in [0, 0.05) is 28.2 Å². The molecule has 106 valence electrons. The molecular weight excluding hydrogens is 287 g/mol. The van der Waals surface area contributed by atoms with Crippen LogP contribution in [0.2, 0.25) is 5.02 Å². The average Bonchev–Trinajstić information content (AvgIpc) is 2.85. The van der Waals surface area contributed by atoms with Gasteiger partial charge in [0.2, 0.25) is 0 Å². The average molecular weight is 301 g/mol. The number of H-pyrrole nitrogens is 1. The van der Waals surface area contributed by atoms with E-state index in [0.29, 0.717) is 0 Å². The quantitative estimate of drug-likeness (QED) is 0.693. The topological polar surface area (TPSA) is 27.8 Å². The zero-order valence-corrected chi connectivity index (χ0v) is 12.0. The van der Waals surface area contributed by atoms with Crippen molar-refractivity contribution >= 4 is 22.5 Å². The van der Waals surface area contributed by atoms with Crippen LogP contribution in [0, 0.1) is 5.82 Å². The van der Waals surface area contributed by atoms with Crippen molar-refractivity contribution in [3.8, 4) is 0 Å². The fraction of sp³-hybridized carbons (Fsp3) is 0.176. The van der Waals surface area contributed by atoms with Crippen LogP contribution >= 0.6 is 11.6 Å². The minimum Gasteiger partial charge on any atom is -0.357 e. The van der Waals surface area contributed by atoms with Crippen molar-refractivity contribution in [2.24, 2.45) is 0 Å². The van der Waals surface area contributed by atoms with Gasteiger partial charge in [-0.2, -0.15) is 0 Å². The lowest BCUT2D eigenvalue weighted by Crippen LogP contribution is -2.30. The molecule has 0 bridgehead atoms. The van der Waals surface area contributed by atoms with Crippen molar-refractivity contribution in [1.82, 2.24) is 10.3 Å². The van der Waals surface area contributed by atoms with Gasteiger partial charge in [-0.1, -0.05) is 23.7 Å². The summed E-state index contributed by atoms with van der Waals surface area (Å²) in [7, 11) is 0. The number of nitrogens with one attached hydrogen (secondary N) is 2. The second kappa shape index (κ2) is 4.86. The third-order valence-electron chi connectivity index (χ3n) is 4.10. The third kappa shape index (κ3) is 2.13. The summed E-state index contributed by atoms with van der Waals surface area (Å²) < 4.78 is 13.5. The summed E-state index contributed by atoms with van der Waals surface area (Å²) in [5.74, 6) is -0.208. The zero-order valence-electron chi connectivity index (χ0n) is 11.3. The molecule has 0 spiro atoms. The summed E-state index contributed by atoms with van der Waals surface area (Å²) in [4.78, 5) is 3.47. The van der Waals surface area contributed by atoms with Gasteiger partial charge in [-0.3, -0.25) is 0 Å². The van der Waals surface area contributed by atoms with E-state index in [1.165, 1.54) is 17.0 Å². The van der Waals surface area contributed by atoms with Crippen LogP contribution in [-0.2, 0) is 6.42 Å². The lowest BCUT2D eigenvalue weighted by atomic mass is 9.94. The van der Waals surface area contributed by atoms with E-state index in [1.807, 2.05) is 24.3 Å². The van der Waals surface area contributed by atoms with E-state index >= 15 is 0 Å². The van der Waals surface area contributed by atoms with E-state index in [0.717, 1.165) is 34.8 Å². The Hall–Kier alpha value is -1.84. The molecule has 4 heteroatoms. The van der Waals surface area contributed by atoms with Crippen LogP contribution in [0.3, 0.4) is 0 Å².